The lowest BCUT2D eigenvalue weighted by Crippen LogP contribution is -2.01. The monoisotopic (exact) mass is 272 g/mol. The van der Waals surface area contributed by atoms with Crippen molar-refractivity contribution in [1.29, 1.82) is 0 Å². The number of hydrogen-bond donors (Lipinski definition) is 0. The van der Waals surface area contributed by atoms with E-state index in [1.807, 2.05) is 42.5 Å². The Morgan fingerprint density at radius 3 is 2.26 bits per heavy atom. The van der Waals surface area contributed by atoms with E-state index in [1.54, 1.807) is 11.8 Å². The summed E-state index contributed by atoms with van der Waals surface area (Å²) in [5.74, 6) is -0.296. The molecule has 1 atom stereocenters. The first kappa shape index (κ1) is 13.7. The number of carbonyl (C=O) groups excluding carboxylic acids is 1. The zero-order chi connectivity index (χ0) is 13.7. The van der Waals surface area contributed by atoms with E-state index in [0.29, 0.717) is 10.8 Å². The number of ether oxygens (including phenoxy) is 1. The molecule has 2 nitrogen and oxygen atoms in total. The second-order valence-electron chi connectivity index (χ2n) is 4.19. The zero-order valence-electron chi connectivity index (χ0n) is 11.0. The third-order valence-electron chi connectivity index (χ3n) is 2.86. The smallest absolute Gasteiger partial charge is 0.337 e. The summed E-state index contributed by atoms with van der Waals surface area (Å²) in [5.41, 5.74) is 1.78. The molecule has 0 aliphatic rings. The lowest BCUT2D eigenvalue weighted by atomic mass is 10.1. The SMILES string of the molecule is COC(=O)c1ccc([C@@H](C)Sc2ccccc2)cc1. The Labute approximate surface area is 117 Å². The molecule has 98 valence electrons. The zero-order valence-corrected chi connectivity index (χ0v) is 11.8. The predicted octanol–water partition coefficient (Wildman–Crippen LogP) is 4.33. The highest BCUT2D eigenvalue weighted by Crippen LogP contribution is 2.34. The van der Waals surface area contributed by atoms with Gasteiger partial charge in [0, 0.05) is 10.1 Å². The molecule has 0 saturated carbocycles. The van der Waals surface area contributed by atoms with E-state index >= 15 is 0 Å². The van der Waals surface area contributed by atoms with Crippen LogP contribution in [0.5, 0.6) is 0 Å². The van der Waals surface area contributed by atoms with Crippen molar-refractivity contribution in [2.24, 2.45) is 0 Å². The maximum absolute atomic E-state index is 11.4. The molecule has 0 aromatic heterocycles. The lowest BCUT2D eigenvalue weighted by molar-refractivity contribution is 0.0600. The van der Waals surface area contributed by atoms with Gasteiger partial charge in [0.2, 0.25) is 0 Å². The number of hydrogen-bond acceptors (Lipinski definition) is 3. The van der Waals surface area contributed by atoms with Crippen LogP contribution >= 0.6 is 11.8 Å². The van der Waals surface area contributed by atoms with Gasteiger partial charge in [-0.2, -0.15) is 0 Å². The lowest BCUT2D eigenvalue weighted by Gasteiger charge is -2.12. The Kier molecular flexibility index (Phi) is 4.63. The van der Waals surface area contributed by atoms with Crippen LogP contribution in [0.4, 0.5) is 0 Å². The highest BCUT2D eigenvalue weighted by Gasteiger charge is 2.09. The number of carbonyl (C=O) groups is 1. The van der Waals surface area contributed by atoms with Crippen molar-refractivity contribution in [2.75, 3.05) is 7.11 Å². The number of rotatable bonds is 4. The van der Waals surface area contributed by atoms with Gasteiger partial charge in [-0.15, -0.1) is 11.8 Å². The van der Waals surface area contributed by atoms with Crippen LogP contribution in [0.3, 0.4) is 0 Å². The fourth-order valence-corrected chi connectivity index (χ4v) is 2.80. The van der Waals surface area contributed by atoms with E-state index in [4.69, 9.17) is 0 Å². The van der Waals surface area contributed by atoms with Crippen molar-refractivity contribution in [2.45, 2.75) is 17.1 Å². The van der Waals surface area contributed by atoms with E-state index in [9.17, 15) is 4.79 Å². The molecule has 0 amide bonds. The summed E-state index contributed by atoms with van der Waals surface area (Å²) in [5, 5.41) is 0.342. The van der Waals surface area contributed by atoms with Gasteiger partial charge in [0.15, 0.2) is 0 Å². The van der Waals surface area contributed by atoms with Crippen LogP contribution < -0.4 is 0 Å². The van der Waals surface area contributed by atoms with E-state index in [1.165, 1.54) is 17.6 Å². The van der Waals surface area contributed by atoms with Gasteiger partial charge < -0.3 is 4.74 Å². The fraction of sp³-hybridized carbons (Fsp3) is 0.188. The fourth-order valence-electron chi connectivity index (χ4n) is 1.78. The largest absolute Gasteiger partial charge is 0.465 e. The van der Waals surface area contributed by atoms with Crippen molar-refractivity contribution in [1.82, 2.24) is 0 Å². The normalized spacial score (nSPS) is 11.9. The van der Waals surface area contributed by atoms with Crippen molar-refractivity contribution in [3.8, 4) is 0 Å². The van der Waals surface area contributed by atoms with Gasteiger partial charge in [0.1, 0.15) is 0 Å². The van der Waals surface area contributed by atoms with E-state index < -0.39 is 0 Å². The molecule has 0 fully saturated rings. The molecule has 19 heavy (non-hydrogen) atoms. The van der Waals surface area contributed by atoms with E-state index in [2.05, 4.69) is 23.8 Å². The molecule has 0 radical (unpaired) electrons. The summed E-state index contributed by atoms with van der Waals surface area (Å²) < 4.78 is 4.69. The molecule has 3 heteroatoms. The second kappa shape index (κ2) is 6.43. The van der Waals surface area contributed by atoms with Gasteiger partial charge in [0.05, 0.1) is 12.7 Å². The first-order valence-electron chi connectivity index (χ1n) is 6.10. The average Bonchev–Trinajstić information content (AvgIpc) is 2.47. The molecular weight excluding hydrogens is 256 g/mol. The number of thioether (sulfide) groups is 1. The summed E-state index contributed by atoms with van der Waals surface area (Å²) in [6.45, 7) is 2.16. The highest BCUT2D eigenvalue weighted by atomic mass is 32.2. The number of methoxy groups -OCH3 is 1. The Bertz CT molecular complexity index is 534. The van der Waals surface area contributed by atoms with Gasteiger partial charge in [-0.3, -0.25) is 0 Å². The molecule has 0 saturated heterocycles. The molecule has 0 spiro atoms. The molecule has 0 bridgehead atoms. The van der Waals surface area contributed by atoms with Crippen LogP contribution in [-0.4, -0.2) is 13.1 Å². The quantitative estimate of drug-likeness (QED) is 0.612. The summed E-state index contributed by atoms with van der Waals surface area (Å²) in [4.78, 5) is 12.6. The summed E-state index contributed by atoms with van der Waals surface area (Å²) in [6.07, 6.45) is 0. The van der Waals surface area contributed by atoms with Gasteiger partial charge >= 0.3 is 5.97 Å². The van der Waals surface area contributed by atoms with Crippen LogP contribution in [0.1, 0.15) is 28.1 Å². The highest BCUT2D eigenvalue weighted by molar-refractivity contribution is 7.99. The molecule has 0 N–H and O–H groups in total. The van der Waals surface area contributed by atoms with Gasteiger partial charge in [0.25, 0.3) is 0 Å². The average molecular weight is 272 g/mol. The van der Waals surface area contributed by atoms with Crippen molar-refractivity contribution in [3.63, 3.8) is 0 Å². The molecule has 0 aliphatic carbocycles. The molecule has 0 heterocycles. The van der Waals surface area contributed by atoms with Crippen LogP contribution in [0, 0.1) is 0 Å². The number of benzene rings is 2. The molecule has 2 aromatic carbocycles. The third-order valence-corrected chi connectivity index (χ3v) is 4.03. The third kappa shape index (κ3) is 3.61. The maximum Gasteiger partial charge on any atom is 0.337 e. The minimum absolute atomic E-state index is 0.296. The van der Waals surface area contributed by atoms with Gasteiger partial charge in [-0.1, -0.05) is 30.3 Å². The Morgan fingerprint density at radius 2 is 1.68 bits per heavy atom. The minimum Gasteiger partial charge on any atom is -0.465 e. The van der Waals surface area contributed by atoms with Gasteiger partial charge in [-0.25, -0.2) is 4.79 Å². The first-order valence-corrected chi connectivity index (χ1v) is 6.98. The van der Waals surface area contributed by atoms with Crippen molar-refractivity contribution >= 4 is 17.7 Å². The molecule has 2 aromatic rings. The topological polar surface area (TPSA) is 26.3 Å². The molecular formula is C16H16O2S. The summed E-state index contributed by atoms with van der Waals surface area (Å²) in [6, 6.07) is 17.9. The Balaban J connectivity index is 2.07. The van der Waals surface area contributed by atoms with Crippen molar-refractivity contribution < 1.29 is 9.53 Å². The Hall–Kier alpha value is -1.74. The molecule has 2 rings (SSSR count). The maximum atomic E-state index is 11.4. The van der Waals surface area contributed by atoms with E-state index in [0.717, 1.165) is 0 Å². The second-order valence-corrected chi connectivity index (χ2v) is 5.60. The predicted molar refractivity (Wildman–Crippen MR) is 78.5 cm³/mol. The summed E-state index contributed by atoms with van der Waals surface area (Å²) in [7, 11) is 1.39. The van der Waals surface area contributed by atoms with Crippen molar-refractivity contribution in [3.05, 3.63) is 65.7 Å². The standard InChI is InChI=1S/C16H16O2S/c1-12(19-15-6-4-3-5-7-15)13-8-10-14(11-9-13)16(17)18-2/h3-12H,1-2H3/t12-/m1/s1. The van der Waals surface area contributed by atoms with Crippen LogP contribution in [0.2, 0.25) is 0 Å². The van der Waals surface area contributed by atoms with Crippen LogP contribution in [0.25, 0.3) is 0 Å². The minimum atomic E-state index is -0.296. The van der Waals surface area contributed by atoms with Crippen LogP contribution in [-0.2, 0) is 4.74 Å². The van der Waals surface area contributed by atoms with E-state index in [-0.39, 0.29) is 5.97 Å². The number of esters is 1. The Morgan fingerprint density at radius 1 is 1.05 bits per heavy atom. The molecule has 0 unspecified atom stereocenters. The summed E-state index contributed by atoms with van der Waals surface area (Å²) >= 11 is 1.80. The first-order chi connectivity index (χ1) is 9.20. The van der Waals surface area contributed by atoms with Crippen LogP contribution in [0.15, 0.2) is 59.5 Å². The van der Waals surface area contributed by atoms with Gasteiger partial charge in [-0.05, 0) is 36.8 Å². The molecule has 0 aliphatic heterocycles.